The largest absolute Gasteiger partial charge is 0.441 e. The van der Waals surface area contributed by atoms with Crippen LogP contribution in [-0.4, -0.2) is 11.8 Å². The minimum absolute atomic E-state index is 0.142. The highest BCUT2D eigenvalue weighted by Gasteiger charge is 2.68. The number of hydrogen-bond donors (Lipinski definition) is 0. The number of fused-ring (bicyclic) bond motifs is 1. The molecular formula is C22H24N2O2. The maximum Gasteiger partial charge on any atom is 0.296 e. The second-order valence-corrected chi connectivity index (χ2v) is 7.43. The van der Waals surface area contributed by atoms with Crippen LogP contribution in [0, 0.1) is 11.8 Å². The molecule has 2 heterocycles. The van der Waals surface area contributed by atoms with Gasteiger partial charge in [-0.05, 0) is 0 Å². The first-order chi connectivity index (χ1) is 12.5. The molecule has 0 aliphatic carbocycles. The predicted octanol–water partition coefficient (Wildman–Crippen LogP) is 4.86. The Morgan fingerprint density at radius 1 is 0.615 bits per heavy atom. The molecule has 2 unspecified atom stereocenters. The van der Waals surface area contributed by atoms with E-state index in [9.17, 15) is 0 Å². The van der Waals surface area contributed by atoms with Gasteiger partial charge in [-0.1, -0.05) is 88.4 Å². The van der Waals surface area contributed by atoms with Crippen LogP contribution in [0.1, 0.15) is 38.8 Å². The molecule has 2 aromatic rings. The van der Waals surface area contributed by atoms with E-state index in [1.165, 1.54) is 0 Å². The van der Waals surface area contributed by atoms with Crippen molar-refractivity contribution in [3.8, 4) is 0 Å². The standard InChI is InChI=1S/C22H24N2O2/c1-15(2)19-23-21(17-11-7-5-8-12-17)22(25-19,18-13-9-6-10-14-18)24-20(26-21)16(3)4/h5-16H,1-4H3. The zero-order valence-corrected chi connectivity index (χ0v) is 15.6. The van der Waals surface area contributed by atoms with Crippen LogP contribution in [0.15, 0.2) is 70.6 Å². The van der Waals surface area contributed by atoms with E-state index in [4.69, 9.17) is 19.5 Å². The number of ether oxygens (including phenoxy) is 2. The smallest absolute Gasteiger partial charge is 0.296 e. The van der Waals surface area contributed by atoms with Crippen molar-refractivity contribution >= 4 is 11.8 Å². The van der Waals surface area contributed by atoms with E-state index in [1.54, 1.807) is 0 Å². The summed E-state index contributed by atoms with van der Waals surface area (Å²) in [5.74, 6) is 1.62. The molecule has 0 saturated carbocycles. The molecule has 4 heteroatoms. The molecule has 0 bridgehead atoms. The van der Waals surface area contributed by atoms with Crippen LogP contribution in [-0.2, 0) is 20.9 Å². The summed E-state index contributed by atoms with van der Waals surface area (Å²) in [6.45, 7) is 8.29. The second kappa shape index (κ2) is 5.97. The summed E-state index contributed by atoms with van der Waals surface area (Å²) in [6.07, 6.45) is 0. The third-order valence-electron chi connectivity index (χ3n) is 4.82. The molecule has 0 radical (unpaired) electrons. The lowest BCUT2D eigenvalue weighted by molar-refractivity contribution is -0.0844. The molecule has 2 aliphatic rings. The monoisotopic (exact) mass is 348 g/mol. The molecule has 4 rings (SSSR count). The van der Waals surface area contributed by atoms with E-state index >= 15 is 0 Å². The minimum atomic E-state index is -1.03. The molecule has 2 aromatic carbocycles. The van der Waals surface area contributed by atoms with Gasteiger partial charge in [0.2, 0.25) is 0 Å². The van der Waals surface area contributed by atoms with Crippen LogP contribution >= 0.6 is 0 Å². The fourth-order valence-corrected chi connectivity index (χ4v) is 3.45. The van der Waals surface area contributed by atoms with Gasteiger partial charge in [0.15, 0.2) is 11.8 Å². The fourth-order valence-electron chi connectivity index (χ4n) is 3.45. The number of nitrogens with zero attached hydrogens (tertiary/aromatic N) is 2. The second-order valence-electron chi connectivity index (χ2n) is 7.43. The maximum absolute atomic E-state index is 6.50. The fraction of sp³-hybridized carbons (Fsp3) is 0.364. The number of hydrogen-bond acceptors (Lipinski definition) is 4. The first-order valence-corrected chi connectivity index (χ1v) is 9.17. The average Bonchev–Trinajstić information content (AvgIpc) is 3.15. The highest BCUT2D eigenvalue weighted by molar-refractivity contribution is 5.87. The van der Waals surface area contributed by atoms with Crippen molar-refractivity contribution in [2.24, 2.45) is 21.8 Å². The van der Waals surface area contributed by atoms with Gasteiger partial charge >= 0.3 is 0 Å². The zero-order chi connectivity index (χ0) is 18.4. The van der Waals surface area contributed by atoms with Gasteiger partial charge in [-0.15, -0.1) is 0 Å². The van der Waals surface area contributed by atoms with Gasteiger partial charge in [0.1, 0.15) is 0 Å². The molecule has 0 saturated heterocycles. The maximum atomic E-state index is 6.50. The Labute approximate surface area is 154 Å². The van der Waals surface area contributed by atoms with Crippen molar-refractivity contribution < 1.29 is 9.47 Å². The molecule has 2 aliphatic heterocycles. The highest BCUT2D eigenvalue weighted by atomic mass is 16.6. The molecule has 0 aromatic heterocycles. The van der Waals surface area contributed by atoms with Gasteiger partial charge in [0, 0.05) is 23.0 Å². The number of benzene rings is 2. The number of aliphatic imine (C=N–C) groups is 2. The topological polar surface area (TPSA) is 43.2 Å². The lowest BCUT2D eigenvalue weighted by Gasteiger charge is -2.34. The summed E-state index contributed by atoms with van der Waals surface area (Å²) in [5.41, 5.74) is -0.179. The Morgan fingerprint density at radius 2 is 0.962 bits per heavy atom. The average molecular weight is 348 g/mol. The molecule has 134 valence electrons. The molecule has 4 nitrogen and oxygen atoms in total. The van der Waals surface area contributed by atoms with Gasteiger partial charge in [-0.3, -0.25) is 0 Å². The third kappa shape index (κ3) is 2.28. The summed E-state index contributed by atoms with van der Waals surface area (Å²) in [6, 6.07) is 20.1. The van der Waals surface area contributed by atoms with Gasteiger partial charge in [-0.25, -0.2) is 0 Å². The number of rotatable bonds is 4. The highest BCUT2D eigenvalue weighted by Crippen LogP contribution is 2.57. The van der Waals surface area contributed by atoms with Crippen molar-refractivity contribution in [3.63, 3.8) is 0 Å². The van der Waals surface area contributed by atoms with E-state index in [0.717, 1.165) is 11.1 Å². The van der Waals surface area contributed by atoms with Crippen LogP contribution in [0.2, 0.25) is 0 Å². The molecule has 0 amide bonds. The van der Waals surface area contributed by atoms with E-state index in [1.807, 2.05) is 60.7 Å². The Kier molecular flexibility index (Phi) is 3.87. The Morgan fingerprint density at radius 3 is 1.27 bits per heavy atom. The quantitative estimate of drug-likeness (QED) is 0.792. The van der Waals surface area contributed by atoms with Crippen molar-refractivity contribution in [2.45, 2.75) is 39.1 Å². The molecular weight excluding hydrogens is 324 g/mol. The van der Waals surface area contributed by atoms with Crippen LogP contribution in [0.25, 0.3) is 0 Å². The predicted molar refractivity (Wildman–Crippen MR) is 103 cm³/mol. The van der Waals surface area contributed by atoms with Crippen molar-refractivity contribution in [1.82, 2.24) is 0 Å². The molecule has 0 fully saturated rings. The van der Waals surface area contributed by atoms with Crippen molar-refractivity contribution in [1.29, 1.82) is 0 Å². The first-order valence-electron chi connectivity index (χ1n) is 9.17. The lowest BCUT2D eigenvalue weighted by Crippen LogP contribution is -2.43. The van der Waals surface area contributed by atoms with Gasteiger partial charge in [0.25, 0.3) is 11.4 Å². The molecule has 26 heavy (non-hydrogen) atoms. The van der Waals surface area contributed by atoms with Crippen LogP contribution < -0.4 is 0 Å². The third-order valence-corrected chi connectivity index (χ3v) is 4.82. The van der Waals surface area contributed by atoms with E-state index < -0.39 is 11.4 Å². The van der Waals surface area contributed by atoms with E-state index in [0.29, 0.717) is 11.8 Å². The summed E-state index contributed by atoms with van der Waals surface area (Å²) in [7, 11) is 0. The van der Waals surface area contributed by atoms with Crippen molar-refractivity contribution in [2.75, 3.05) is 0 Å². The Bertz CT molecular complexity index is 785. The Hall–Kier alpha value is -2.62. The minimum Gasteiger partial charge on any atom is -0.441 e. The molecule has 0 N–H and O–H groups in total. The molecule has 2 atom stereocenters. The summed E-state index contributed by atoms with van der Waals surface area (Å²) in [5, 5.41) is 0. The van der Waals surface area contributed by atoms with Gasteiger partial charge in [-0.2, -0.15) is 9.98 Å². The van der Waals surface area contributed by atoms with Crippen LogP contribution in [0.3, 0.4) is 0 Å². The Balaban J connectivity index is 1.99. The first kappa shape index (κ1) is 16.8. The van der Waals surface area contributed by atoms with Gasteiger partial charge < -0.3 is 9.47 Å². The lowest BCUT2D eigenvalue weighted by atomic mass is 9.87. The summed E-state index contributed by atoms with van der Waals surface area (Å²) in [4.78, 5) is 9.98. The molecule has 0 spiro atoms. The van der Waals surface area contributed by atoms with Crippen LogP contribution in [0.5, 0.6) is 0 Å². The summed E-state index contributed by atoms with van der Waals surface area (Å²) < 4.78 is 13.0. The van der Waals surface area contributed by atoms with Crippen molar-refractivity contribution in [3.05, 3.63) is 71.8 Å². The van der Waals surface area contributed by atoms with Crippen LogP contribution in [0.4, 0.5) is 0 Å². The van der Waals surface area contributed by atoms with E-state index in [2.05, 4.69) is 27.7 Å². The summed E-state index contributed by atoms with van der Waals surface area (Å²) >= 11 is 0. The van der Waals surface area contributed by atoms with E-state index in [-0.39, 0.29) is 11.8 Å². The van der Waals surface area contributed by atoms with Gasteiger partial charge in [0.05, 0.1) is 0 Å². The zero-order valence-electron chi connectivity index (χ0n) is 15.6. The SMILES string of the molecule is CC(C)C1=NC2(c3ccccc3)OC(C(C)C)=NC2(c2ccccc2)O1. The normalized spacial score (nSPS) is 27.0.